The number of nitrogens with zero attached hydrogens (tertiary/aromatic N) is 5. The Morgan fingerprint density at radius 1 is 0.861 bits per heavy atom. The summed E-state index contributed by atoms with van der Waals surface area (Å²) in [6.45, 7) is 9.25. The van der Waals surface area contributed by atoms with Crippen molar-refractivity contribution in [3.8, 4) is 5.75 Å². The minimum absolute atomic E-state index is 0.0993. The van der Waals surface area contributed by atoms with Gasteiger partial charge in [0.25, 0.3) is 5.89 Å². The Balaban J connectivity index is 1.29. The van der Waals surface area contributed by atoms with Gasteiger partial charge in [0.2, 0.25) is 5.89 Å². The van der Waals surface area contributed by atoms with Crippen LogP contribution in [0.25, 0.3) is 33.1 Å². The van der Waals surface area contributed by atoms with Gasteiger partial charge in [0.05, 0.1) is 16.6 Å². The number of benzene rings is 3. The normalized spacial score (nSPS) is 12.1. The summed E-state index contributed by atoms with van der Waals surface area (Å²) in [5, 5.41) is 9.54. The third-order valence-corrected chi connectivity index (χ3v) is 6.39. The summed E-state index contributed by atoms with van der Waals surface area (Å²) in [6, 6.07) is 22.4. The van der Waals surface area contributed by atoms with Crippen LogP contribution < -0.4 is 4.74 Å². The average Bonchev–Trinajstić information content (AvgIpc) is 3.43. The van der Waals surface area contributed by atoms with Gasteiger partial charge in [-0.25, -0.2) is 9.97 Å². The van der Waals surface area contributed by atoms with Crippen molar-refractivity contribution in [3.63, 3.8) is 0 Å². The first-order valence-electron chi connectivity index (χ1n) is 12.0. The molecule has 0 aliphatic rings. The fourth-order valence-corrected chi connectivity index (χ4v) is 4.45. The summed E-state index contributed by atoms with van der Waals surface area (Å²) in [7, 11) is 0. The molecule has 3 heterocycles. The number of para-hydroxylation sites is 2. The van der Waals surface area contributed by atoms with Crippen molar-refractivity contribution in [1.82, 2.24) is 24.7 Å². The van der Waals surface area contributed by atoms with Crippen molar-refractivity contribution in [2.45, 2.75) is 46.3 Å². The molecular weight excluding hydrogens is 450 g/mol. The van der Waals surface area contributed by atoms with Gasteiger partial charge in [-0.2, -0.15) is 0 Å². The molecule has 7 heteroatoms. The first-order valence-corrected chi connectivity index (χ1v) is 12.0. The second kappa shape index (κ2) is 8.45. The summed E-state index contributed by atoms with van der Waals surface area (Å²) >= 11 is 0. The zero-order valence-electron chi connectivity index (χ0n) is 20.8. The SMILES string of the molecule is Cc1ccc2c(c1)c1nc3ccccc3nc1n2Cc1nnc(COc2ccc(C(C)(C)C)cc2)o1. The van der Waals surface area contributed by atoms with E-state index in [-0.39, 0.29) is 12.0 Å². The van der Waals surface area contributed by atoms with Gasteiger partial charge in [0.1, 0.15) is 17.8 Å². The van der Waals surface area contributed by atoms with Gasteiger partial charge in [0, 0.05) is 5.39 Å². The van der Waals surface area contributed by atoms with E-state index >= 15 is 0 Å². The summed E-state index contributed by atoms with van der Waals surface area (Å²) in [6.07, 6.45) is 0. The fourth-order valence-electron chi connectivity index (χ4n) is 4.45. The Bertz CT molecular complexity index is 1710. The van der Waals surface area contributed by atoms with Crippen LogP contribution in [0.4, 0.5) is 0 Å². The molecule has 3 aromatic carbocycles. The first kappa shape index (κ1) is 22.2. The monoisotopic (exact) mass is 477 g/mol. The maximum absolute atomic E-state index is 5.95. The second-order valence-electron chi connectivity index (χ2n) is 10.1. The molecule has 180 valence electrons. The van der Waals surface area contributed by atoms with Crippen LogP contribution in [0.5, 0.6) is 5.75 Å². The Labute approximate surface area is 208 Å². The Hall–Kier alpha value is -4.26. The van der Waals surface area contributed by atoms with E-state index < -0.39 is 0 Å². The van der Waals surface area contributed by atoms with E-state index in [2.05, 4.69) is 72.8 Å². The Kier molecular flexibility index (Phi) is 5.21. The van der Waals surface area contributed by atoms with Crippen LogP contribution in [-0.4, -0.2) is 24.7 Å². The molecule has 36 heavy (non-hydrogen) atoms. The average molecular weight is 478 g/mol. The zero-order chi connectivity index (χ0) is 24.9. The molecule has 0 aliphatic heterocycles. The molecular formula is C29H27N5O2. The molecule has 0 bridgehead atoms. The molecule has 7 nitrogen and oxygen atoms in total. The highest BCUT2D eigenvalue weighted by atomic mass is 16.5. The number of rotatable bonds is 5. The van der Waals surface area contributed by atoms with Gasteiger partial charge >= 0.3 is 0 Å². The van der Waals surface area contributed by atoms with Crippen molar-refractivity contribution in [2.75, 3.05) is 0 Å². The van der Waals surface area contributed by atoms with E-state index in [0.717, 1.165) is 38.8 Å². The predicted octanol–water partition coefficient (Wildman–Crippen LogP) is 6.35. The summed E-state index contributed by atoms with van der Waals surface area (Å²) < 4.78 is 13.9. The molecule has 0 atom stereocenters. The van der Waals surface area contributed by atoms with E-state index in [9.17, 15) is 0 Å². The van der Waals surface area contributed by atoms with Crippen LogP contribution in [0.1, 0.15) is 43.7 Å². The van der Waals surface area contributed by atoms with Gasteiger partial charge in [-0.15, -0.1) is 10.2 Å². The molecule has 0 saturated heterocycles. The number of fused-ring (bicyclic) bond motifs is 4. The molecule has 0 spiro atoms. The van der Waals surface area contributed by atoms with Crippen molar-refractivity contribution in [1.29, 1.82) is 0 Å². The number of aryl methyl sites for hydroxylation is 1. The van der Waals surface area contributed by atoms with Crippen LogP contribution in [0.3, 0.4) is 0 Å². The predicted molar refractivity (Wildman–Crippen MR) is 140 cm³/mol. The van der Waals surface area contributed by atoms with Crippen LogP contribution in [0, 0.1) is 6.92 Å². The molecule has 0 unspecified atom stereocenters. The molecule has 0 N–H and O–H groups in total. The molecule has 6 aromatic rings. The van der Waals surface area contributed by atoms with Gasteiger partial charge in [-0.3, -0.25) is 0 Å². The lowest BCUT2D eigenvalue weighted by Gasteiger charge is -2.19. The van der Waals surface area contributed by atoms with Crippen LogP contribution in [-0.2, 0) is 18.6 Å². The fraction of sp³-hybridized carbons (Fsp3) is 0.241. The maximum atomic E-state index is 5.95. The highest BCUT2D eigenvalue weighted by Gasteiger charge is 2.18. The Morgan fingerprint density at radius 2 is 1.58 bits per heavy atom. The van der Waals surface area contributed by atoms with Gasteiger partial charge in [0.15, 0.2) is 12.3 Å². The topological polar surface area (TPSA) is 78.9 Å². The van der Waals surface area contributed by atoms with Gasteiger partial charge < -0.3 is 13.7 Å². The van der Waals surface area contributed by atoms with Crippen molar-refractivity contribution in [2.24, 2.45) is 0 Å². The number of ether oxygens (including phenoxy) is 1. The minimum atomic E-state index is 0.0993. The molecule has 6 rings (SSSR count). The van der Waals surface area contributed by atoms with Crippen LogP contribution in [0.2, 0.25) is 0 Å². The maximum Gasteiger partial charge on any atom is 0.253 e. The number of aromatic nitrogens is 5. The van der Waals surface area contributed by atoms with E-state index in [1.807, 2.05) is 36.4 Å². The van der Waals surface area contributed by atoms with E-state index in [4.69, 9.17) is 19.1 Å². The molecule has 3 aromatic heterocycles. The molecule has 0 amide bonds. The number of hydrogen-bond donors (Lipinski definition) is 0. The highest BCUT2D eigenvalue weighted by Crippen LogP contribution is 2.30. The minimum Gasteiger partial charge on any atom is -0.484 e. The molecule has 0 aliphatic carbocycles. The van der Waals surface area contributed by atoms with Crippen LogP contribution >= 0.6 is 0 Å². The standard InChI is InChI=1S/C29H27N5O2/c1-18-9-14-24-21(15-18)27-28(31-23-8-6-5-7-22(23)30-27)34(24)16-25-32-33-26(36-25)17-35-20-12-10-19(11-13-20)29(2,3)4/h5-15H,16-17H2,1-4H3. The van der Waals surface area contributed by atoms with Crippen molar-refractivity contribution < 1.29 is 9.15 Å². The third kappa shape index (κ3) is 4.06. The Morgan fingerprint density at radius 3 is 2.33 bits per heavy atom. The summed E-state index contributed by atoms with van der Waals surface area (Å²) in [4.78, 5) is 9.86. The second-order valence-corrected chi connectivity index (χ2v) is 10.1. The summed E-state index contributed by atoms with van der Waals surface area (Å²) in [5.74, 6) is 1.69. The van der Waals surface area contributed by atoms with E-state index in [1.165, 1.54) is 11.1 Å². The lowest BCUT2D eigenvalue weighted by atomic mass is 9.87. The highest BCUT2D eigenvalue weighted by molar-refractivity contribution is 6.06. The largest absolute Gasteiger partial charge is 0.484 e. The lowest BCUT2D eigenvalue weighted by Crippen LogP contribution is -2.10. The van der Waals surface area contributed by atoms with E-state index in [1.54, 1.807) is 0 Å². The van der Waals surface area contributed by atoms with E-state index in [0.29, 0.717) is 18.3 Å². The van der Waals surface area contributed by atoms with Gasteiger partial charge in [-0.1, -0.05) is 56.7 Å². The lowest BCUT2D eigenvalue weighted by molar-refractivity contribution is 0.258. The zero-order valence-corrected chi connectivity index (χ0v) is 20.8. The smallest absolute Gasteiger partial charge is 0.253 e. The molecule has 0 saturated carbocycles. The van der Waals surface area contributed by atoms with Crippen molar-refractivity contribution in [3.05, 3.63) is 89.6 Å². The molecule has 0 radical (unpaired) electrons. The van der Waals surface area contributed by atoms with Gasteiger partial charge in [-0.05, 0) is 54.3 Å². The quantitative estimate of drug-likeness (QED) is 0.288. The number of hydrogen-bond acceptors (Lipinski definition) is 6. The van der Waals surface area contributed by atoms with Crippen molar-refractivity contribution >= 4 is 33.1 Å². The van der Waals surface area contributed by atoms with Crippen LogP contribution in [0.15, 0.2) is 71.1 Å². The summed E-state index contributed by atoms with van der Waals surface area (Å²) in [5.41, 5.74) is 6.94. The first-order chi connectivity index (χ1) is 17.3. The molecule has 0 fully saturated rings. The third-order valence-electron chi connectivity index (χ3n) is 6.39.